The van der Waals surface area contributed by atoms with Crippen LogP contribution in [-0.2, 0) is 0 Å². The lowest BCUT2D eigenvalue weighted by molar-refractivity contribution is 0.669. The van der Waals surface area contributed by atoms with Crippen LogP contribution in [0.25, 0.3) is 76.9 Å². The van der Waals surface area contributed by atoms with Gasteiger partial charge in [-0.1, -0.05) is 152 Å². The number of nitrogens with zero attached hydrogens (tertiary/aromatic N) is 1. The van der Waals surface area contributed by atoms with Gasteiger partial charge < -0.3 is 9.32 Å². The first kappa shape index (κ1) is 30.9. The summed E-state index contributed by atoms with van der Waals surface area (Å²) in [5.74, 6) is 0. The molecule has 0 aliphatic heterocycles. The molecule has 9 aromatic carbocycles. The summed E-state index contributed by atoms with van der Waals surface area (Å²) < 4.78 is 6.49. The summed E-state index contributed by atoms with van der Waals surface area (Å²) in [7, 11) is 0. The number of para-hydroxylation sites is 2. The molecular formula is C51H35NO. The van der Waals surface area contributed by atoms with Crippen LogP contribution >= 0.6 is 0 Å². The summed E-state index contributed by atoms with van der Waals surface area (Å²) in [5, 5.41) is 7.20. The number of anilines is 3. The molecule has 53 heavy (non-hydrogen) atoms. The van der Waals surface area contributed by atoms with Gasteiger partial charge in [0.2, 0.25) is 0 Å². The highest BCUT2D eigenvalue weighted by Gasteiger charge is 2.22. The van der Waals surface area contributed by atoms with Gasteiger partial charge in [-0.25, -0.2) is 0 Å². The number of benzene rings is 9. The maximum atomic E-state index is 6.49. The Balaban J connectivity index is 1.19. The SMILES string of the molecule is Cc1cc2c(cc1N(c1ccc(-c3ccc4ccccc4c3)cc1)c1ccccc1-c1cccc3cccc(-c4ccccc4)c13)oc1ccccc12. The lowest BCUT2D eigenvalue weighted by Gasteiger charge is -2.30. The van der Waals surface area contributed by atoms with Crippen LogP contribution in [0.15, 0.2) is 199 Å². The van der Waals surface area contributed by atoms with Crippen molar-refractivity contribution in [2.45, 2.75) is 6.92 Å². The van der Waals surface area contributed by atoms with E-state index < -0.39 is 0 Å². The summed E-state index contributed by atoms with van der Waals surface area (Å²) in [4.78, 5) is 2.41. The monoisotopic (exact) mass is 677 g/mol. The van der Waals surface area contributed by atoms with Crippen LogP contribution < -0.4 is 4.90 Å². The average molecular weight is 678 g/mol. The van der Waals surface area contributed by atoms with Gasteiger partial charge in [0.1, 0.15) is 11.2 Å². The number of rotatable bonds is 6. The quantitative estimate of drug-likeness (QED) is 0.174. The van der Waals surface area contributed by atoms with Crippen molar-refractivity contribution < 1.29 is 4.42 Å². The van der Waals surface area contributed by atoms with Crippen molar-refractivity contribution in [1.82, 2.24) is 0 Å². The van der Waals surface area contributed by atoms with Gasteiger partial charge in [0.05, 0.1) is 11.4 Å². The van der Waals surface area contributed by atoms with Crippen molar-refractivity contribution >= 4 is 60.5 Å². The molecule has 0 aliphatic carbocycles. The minimum atomic E-state index is 0.874. The fourth-order valence-electron chi connectivity index (χ4n) is 8.01. The molecule has 2 heteroatoms. The van der Waals surface area contributed by atoms with Crippen molar-refractivity contribution in [2.75, 3.05) is 4.90 Å². The van der Waals surface area contributed by atoms with Crippen LogP contribution in [0.1, 0.15) is 5.56 Å². The highest BCUT2D eigenvalue weighted by Crippen LogP contribution is 2.47. The van der Waals surface area contributed by atoms with Crippen molar-refractivity contribution in [3.8, 4) is 33.4 Å². The molecule has 10 rings (SSSR count). The van der Waals surface area contributed by atoms with Crippen LogP contribution in [-0.4, -0.2) is 0 Å². The van der Waals surface area contributed by atoms with E-state index >= 15 is 0 Å². The minimum Gasteiger partial charge on any atom is -0.456 e. The fraction of sp³-hybridized carbons (Fsp3) is 0.0196. The van der Waals surface area contributed by atoms with E-state index in [1.54, 1.807) is 0 Å². The lowest BCUT2D eigenvalue weighted by Crippen LogP contribution is -2.12. The molecule has 250 valence electrons. The van der Waals surface area contributed by atoms with E-state index in [2.05, 4.69) is 194 Å². The Morgan fingerprint density at radius 3 is 1.89 bits per heavy atom. The lowest BCUT2D eigenvalue weighted by atomic mass is 9.90. The zero-order valence-electron chi connectivity index (χ0n) is 29.3. The van der Waals surface area contributed by atoms with Crippen LogP contribution in [0.5, 0.6) is 0 Å². The van der Waals surface area contributed by atoms with Gasteiger partial charge in [0.25, 0.3) is 0 Å². The maximum Gasteiger partial charge on any atom is 0.137 e. The van der Waals surface area contributed by atoms with Gasteiger partial charge in [-0.05, 0) is 98.2 Å². The first-order valence-electron chi connectivity index (χ1n) is 18.2. The molecule has 0 aliphatic rings. The molecule has 10 aromatic rings. The summed E-state index contributed by atoms with van der Waals surface area (Å²) in [5.41, 5.74) is 13.3. The van der Waals surface area contributed by atoms with Crippen molar-refractivity contribution in [3.63, 3.8) is 0 Å². The topological polar surface area (TPSA) is 16.4 Å². The van der Waals surface area contributed by atoms with Crippen molar-refractivity contribution in [1.29, 1.82) is 0 Å². The Labute approximate surface area is 308 Å². The van der Waals surface area contributed by atoms with E-state index in [1.165, 1.54) is 54.9 Å². The Kier molecular flexibility index (Phi) is 7.40. The Hall–Kier alpha value is -6.90. The first-order valence-corrected chi connectivity index (χ1v) is 18.2. The Morgan fingerprint density at radius 2 is 1.04 bits per heavy atom. The molecule has 2 nitrogen and oxygen atoms in total. The number of furan rings is 1. The van der Waals surface area contributed by atoms with Crippen LogP contribution in [0.4, 0.5) is 17.1 Å². The van der Waals surface area contributed by atoms with Crippen molar-refractivity contribution in [3.05, 3.63) is 200 Å². The number of hydrogen-bond donors (Lipinski definition) is 0. The molecule has 0 atom stereocenters. The summed E-state index contributed by atoms with van der Waals surface area (Å²) in [6.45, 7) is 2.21. The van der Waals surface area contributed by atoms with Gasteiger partial charge >= 0.3 is 0 Å². The second-order valence-electron chi connectivity index (χ2n) is 13.8. The second-order valence-corrected chi connectivity index (χ2v) is 13.8. The van der Waals surface area contributed by atoms with E-state index in [0.717, 1.165) is 44.6 Å². The molecule has 0 unspecified atom stereocenters. The second kappa shape index (κ2) is 12.7. The molecule has 0 radical (unpaired) electrons. The third-order valence-electron chi connectivity index (χ3n) is 10.6. The molecule has 1 heterocycles. The minimum absolute atomic E-state index is 0.874. The van der Waals surface area contributed by atoms with E-state index in [0.29, 0.717) is 0 Å². The van der Waals surface area contributed by atoms with E-state index in [1.807, 2.05) is 12.1 Å². The summed E-state index contributed by atoms with van der Waals surface area (Å²) in [6.07, 6.45) is 0. The van der Waals surface area contributed by atoms with Gasteiger partial charge in [0, 0.05) is 28.1 Å². The first-order chi connectivity index (χ1) is 26.2. The molecular weight excluding hydrogens is 643 g/mol. The average Bonchev–Trinajstić information content (AvgIpc) is 3.58. The summed E-state index contributed by atoms with van der Waals surface area (Å²) >= 11 is 0. The molecule has 0 saturated carbocycles. The summed E-state index contributed by atoms with van der Waals surface area (Å²) in [6, 6.07) is 69.9. The molecule has 1 aromatic heterocycles. The van der Waals surface area contributed by atoms with Gasteiger partial charge in [-0.2, -0.15) is 0 Å². The zero-order chi connectivity index (χ0) is 35.3. The van der Waals surface area contributed by atoms with Crippen LogP contribution in [0.2, 0.25) is 0 Å². The van der Waals surface area contributed by atoms with Gasteiger partial charge in [-0.15, -0.1) is 0 Å². The third-order valence-corrected chi connectivity index (χ3v) is 10.6. The number of fused-ring (bicyclic) bond motifs is 5. The van der Waals surface area contributed by atoms with E-state index in [-0.39, 0.29) is 0 Å². The highest BCUT2D eigenvalue weighted by molar-refractivity contribution is 6.10. The normalized spacial score (nSPS) is 11.5. The molecule has 0 saturated heterocycles. The third kappa shape index (κ3) is 5.35. The number of hydrogen-bond acceptors (Lipinski definition) is 2. The fourth-order valence-corrected chi connectivity index (χ4v) is 8.01. The molecule has 0 fully saturated rings. The Morgan fingerprint density at radius 1 is 0.377 bits per heavy atom. The molecule has 0 spiro atoms. The van der Waals surface area contributed by atoms with E-state index in [4.69, 9.17) is 4.42 Å². The number of aryl methyl sites for hydroxylation is 1. The zero-order valence-corrected chi connectivity index (χ0v) is 29.3. The van der Waals surface area contributed by atoms with E-state index in [9.17, 15) is 0 Å². The van der Waals surface area contributed by atoms with Crippen LogP contribution in [0, 0.1) is 6.92 Å². The smallest absolute Gasteiger partial charge is 0.137 e. The van der Waals surface area contributed by atoms with Gasteiger partial charge in [0.15, 0.2) is 0 Å². The van der Waals surface area contributed by atoms with Crippen LogP contribution in [0.3, 0.4) is 0 Å². The predicted molar refractivity (Wildman–Crippen MR) is 224 cm³/mol. The molecule has 0 bridgehead atoms. The van der Waals surface area contributed by atoms with Gasteiger partial charge in [-0.3, -0.25) is 0 Å². The highest BCUT2D eigenvalue weighted by atomic mass is 16.3. The van der Waals surface area contributed by atoms with Crippen molar-refractivity contribution in [2.24, 2.45) is 0 Å². The maximum absolute atomic E-state index is 6.49. The largest absolute Gasteiger partial charge is 0.456 e. The molecule has 0 N–H and O–H groups in total. The standard InChI is InChI=1S/C51H35NO/c1-34-31-46-44-20-8-10-24-49(44)53-50(46)33-48(34)52(41-29-27-36(28-30-41)40-26-25-35-13-5-6-16-39(35)32-40)47-23-9-7-19-43(47)45-22-12-18-38-17-11-21-42(51(38)45)37-14-3-2-4-15-37/h2-33H,1H3. The Bertz CT molecular complexity index is 2950. The predicted octanol–water partition coefficient (Wildman–Crippen LogP) is 14.7. The molecule has 0 amide bonds.